The van der Waals surface area contributed by atoms with Gasteiger partial charge in [-0.2, -0.15) is 0 Å². The number of allylic oxidation sites excluding steroid dienone is 1. The molecule has 6 rings (SSSR count). The number of rotatable bonds is 26. The standard InChI is InChI=1S/C67H88N10O14S4/c1-7-17-54(81)57(40(2)78)76-63(87)53-39-94-93-38-52(73-61(85)50(35-42-18-9-8-10-19-42)75-65(89)69-32-33-92-95-56-23-14-16-30-68-56)55(82)37-46(34-43-24-28-47(80)29-25-43)59(83)72-51(36-45-27-26-44-20-11-12-21-48(44)45)62(86)71-49(60(84)77-58(41(3)79)64(88)74-53)22-13-15-31-70-66(90)91-67(4,5)6/h8-12,14,16,18-21,23-25,27-30,40-41,46,49-53,57-58,78-80H,7,13,15,17,22,26,31-39H2,1-6H3,(H,70,90)(H,71,86)(H,72,83)(H,73,85)(H,74,88)(H,76,87)(H,77,84)(H2,69,75,89)/t40-,41-,46-,49+,50-,51-,52+,53+,57+,58+/m1/s1. The second kappa shape index (κ2) is 38.8. The van der Waals surface area contributed by atoms with Crippen LogP contribution in [0.25, 0.3) is 5.57 Å². The molecule has 28 heteroatoms. The maximum atomic E-state index is 15.3. The first kappa shape index (κ1) is 76.4. The topological polar surface area (TPSA) is 362 Å². The first-order chi connectivity index (χ1) is 45.4. The molecule has 1 fully saturated rings. The number of phenolic OH excluding ortho intramolecular Hbond substituents is 1. The molecule has 514 valence electrons. The van der Waals surface area contributed by atoms with Crippen LogP contribution in [0.3, 0.4) is 0 Å². The van der Waals surface area contributed by atoms with Gasteiger partial charge in [0.25, 0.3) is 0 Å². The minimum atomic E-state index is -1.79. The number of hydrogen-bond donors (Lipinski definition) is 12. The number of amides is 9. The van der Waals surface area contributed by atoms with E-state index in [-0.39, 0.29) is 75.3 Å². The molecule has 1 saturated heterocycles. The number of aliphatic hydroxyl groups is 2. The van der Waals surface area contributed by atoms with Crippen LogP contribution in [0, 0.1) is 5.92 Å². The number of urea groups is 1. The van der Waals surface area contributed by atoms with Crippen LogP contribution in [0.2, 0.25) is 0 Å². The molecule has 10 atom stereocenters. The molecule has 3 aromatic carbocycles. The Morgan fingerprint density at radius 3 is 2.14 bits per heavy atom. The molecule has 2 aliphatic rings. The number of aromatic nitrogens is 1. The number of nitrogens with zero attached hydrogens (tertiary/aromatic N) is 1. The van der Waals surface area contributed by atoms with E-state index in [0.717, 1.165) is 37.7 Å². The Balaban J connectivity index is 1.39. The normalized spacial score (nSPS) is 20.5. The van der Waals surface area contributed by atoms with Gasteiger partial charge in [0.05, 0.1) is 18.2 Å². The van der Waals surface area contributed by atoms with E-state index in [9.17, 15) is 48.9 Å². The van der Waals surface area contributed by atoms with Gasteiger partial charge in [0, 0.05) is 68.1 Å². The first-order valence-corrected chi connectivity index (χ1v) is 36.5. The summed E-state index contributed by atoms with van der Waals surface area (Å²) in [6.07, 6.45) is 0.348. The minimum absolute atomic E-state index is 0.00515. The Hall–Kier alpha value is -7.63. The van der Waals surface area contributed by atoms with Crippen molar-refractivity contribution in [3.63, 3.8) is 0 Å². The van der Waals surface area contributed by atoms with Crippen LogP contribution in [0.4, 0.5) is 9.59 Å². The molecule has 24 nitrogen and oxygen atoms in total. The Kier molecular flexibility index (Phi) is 31.2. The Bertz CT molecular complexity index is 3270. The van der Waals surface area contributed by atoms with Crippen LogP contribution in [0.15, 0.2) is 114 Å². The average Bonchev–Trinajstić information content (AvgIpc) is 1.79. The Morgan fingerprint density at radius 2 is 1.44 bits per heavy atom. The summed E-state index contributed by atoms with van der Waals surface area (Å²) in [5.74, 6) is -7.88. The van der Waals surface area contributed by atoms with Crippen molar-refractivity contribution >= 4 is 108 Å². The molecular formula is C67H88N10O14S4. The van der Waals surface area contributed by atoms with E-state index in [1.165, 1.54) is 47.6 Å². The van der Waals surface area contributed by atoms with Crippen LogP contribution in [-0.4, -0.2) is 170 Å². The summed E-state index contributed by atoms with van der Waals surface area (Å²) in [4.78, 5) is 148. The van der Waals surface area contributed by atoms with Gasteiger partial charge in [-0.05, 0) is 136 Å². The Morgan fingerprint density at radius 1 is 0.747 bits per heavy atom. The van der Waals surface area contributed by atoms with Crippen molar-refractivity contribution in [3.8, 4) is 5.75 Å². The largest absolute Gasteiger partial charge is 0.508 e. The molecule has 0 saturated carbocycles. The van der Waals surface area contributed by atoms with Gasteiger partial charge < -0.3 is 67.9 Å². The van der Waals surface area contributed by atoms with Crippen molar-refractivity contribution in [1.29, 1.82) is 0 Å². The molecule has 1 aliphatic carbocycles. The lowest BCUT2D eigenvalue weighted by Crippen LogP contribution is -2.62. The molecular weight excluding hydrogens is 1300 g/mol. The zero-order valence-corrected chi connectivity index (χ0v) is 57.5. The number of fused-ring (bicyclic) bond motifs is 1. The quantitative estimate of drug-likeness (QED) is 0.0276. The number of carbonyl (C=O) groups is 10. The summed E-state index contributed by atoms with van der Waals surface area (Å²) in [7, 11) is 4.86. The van der Waals surface area contributed by atoms with Crippen LogP contribution in [-0.2, 0) is 62.4 Å². The number of phenols is 1. The second-order valence-corrected chi connectivity index (χ2v) is 29.1. The minimum Gasteiger partial charge on any atom is -0.508 e. The number of hydrogen-bond acceptors (Lipinski definition) is 19. The van der Waals surface area contributed by atoms with Crippen molar-refractivity contribution in [2.45, 2.75) is 171 Å². The van der Waals surface area contributed by atoms with Gasteiger partial charge in [-0.1, -0.05) is 118 Å². The molecule has 9 amide bonds. The van der Waals surface area contributed by atoms with Crippen LogP contribution in [0.1, 0.15) is 109 Å². The number of aliphatic hydroxyl groups excluding tert-OH is 2. The molecule has 4 aromatic rings. The number of pyridine rings is 1. The smallest absolute Gasteiger partial charge is 0.407 e. The summed E-state index contributed by atoms with van der Waals surface area (Å²) in [5, 5.41) is 57.6. The summed E-state index contributed by atoms with van der Waals surface area (Å²) >= 11 is 0. The number of nitrogens with one attached hydrogen (secondary N) is 9. The summed E-state index contributed by atoms with van der Waals surface area (Å²) in [6.45, 7) is 9.72. The number of alkyl carbamates (subject to hydrolysis) is 1. The number of ether oxygens (including phenoxy) is 1. The lowest BCUT2D eigenvalue weighted by Gasteiger charge is -2.29. The van der Waals surface area contributed by atoms with Gasteiger partial charge in [0.2, 0.25) is 35.4 Å². The van der Waals surface area contributed by atoms with E-state index >= 15 is 14.4 Å². The third-order valence-electron chi connectivity index (χ3n) is 15.2. The molecule has 0 radical (unpaired) electrons. The molecule has 1 aliphatic heterocycles. The van der Waals surface area contributed by atoms with Crippen LogP contribution >= 0.6 is 43.2 Å². The highest BCUT2D eigenvalue weighted by atomic mass is 33.1. The van der Waals surface area contributed by atoms with E-state index in [1.807, 2.05) is 42.5 Å². The van der Waals surface area contributed by atoms with Crippen molar-refractivity contribution in [2.24, 2.45) is 5.92 Å². The van der Waals surface area contributed by atoms with Crippen molar-refractivity contribution in [1.82, 2.24) is 52.8 Å². The SMILES string of the molecule is CCCC(=O)[C@@H](NC(=O)[C@@H]1CSSC[C@H](NC(=O)[C@@H](Cc2ccccc2)NC(=O)NCCSSc2ccccn2)C(=O)C[C@@H](Cc2ccc(O)cc2)C(=O)N[C@H](CC2=CCc3ccccc32)C(=O)N[C@@H](CCCCNC(=O)OC(C)(C)C)C(=O)N[C@@H]([C@@H](C)O)C(=O)N1)[C@@H](C)O. The predicted octanol–water partition coefficient (Wildman–Crippen LogP) is 5.42. The number of aromatic hydroxyl groups is 1. The lowest BCUT2D eigenvalue weighted by atomic mass is 9.90. The number of benzene rings is 3. The van der Waals surface area contributed by atoms with Gasteiger partial charge in [-0.25, -0.2) is 14.6 Å². The van der Waals surface area contributed by atoms with E-state index in [4.69, 9.17) is 4.74 Å². The summed E-state index contributed by atoms with van der Waals surface area (Å²) in [6, 6.07) is 16.9. The fourth-order valence-corrected chi connectivity index (χ4v) is 14.4. The summed E-state index contributed by atoms with van der Waals surface area (Å²) in [5.41, 5.74) is 2.87. The number of Topliss-reactive ketones (excluding diaryl/α,β-unsaturated/α-hetero) is 2. The fourth-order valence-electron chi connectivity index (χ4n) is 10.3. The number of unbranched alkanes of at least 4 members (excludes halogenated alkanes) is 1. The van der Waals surface area contributed by atoms with E-state index in [1.54, 1.807) is 82.4 Å². The van der Waals surface area contributed by atoms with Gasteiger partial charge in [-0.15, -0.1) is 0 Å². The van der Waals surface area contributed by atoms with Crippen LogP contribution in [0.5, 0.6) is 5.75 Å². The van der Waals surface area contributed by atoms with Gasteiger partial charge >= 0.3 is 12.1 Å². The molecule has 1 aromatic heterocycles. The maximum Gasteiger partial charge on any atom is 0.407 e. The molecule has 95 heavy (non-hydrogen) atoms. The molecule has 0 spiro atoms. The van der Waals surface area contributed by atoms with E-state index in [2.05, 4.69) is 52.8 Å². The lowest BCUT2D eigenvalue weighted by molar-refractivity contribution is -0.137. The molecule has 2 heterocycles. The highest BCUT2D eigenvalue weighted by Gasteiger charge is 2.38. The van der Waals surface area contributed by atoms with E-state index in [0.29, 0.717) is 35.3 Å². The van der Waals surface area contributed by atoms with E-state index < -0.39 is 132 Å². The summed E-state index contributed by atoms with van der Waals surface area (Å²) < 4.78 is 5.37. The third kappa shape index (κ3) is 26.1. The molecule has 12 N–H and O–H groups in total. The first-order valence-electron chi connectivity index (χ1n) is 31.7. The van der Waals surface area contributed by atoms with Crippen LogP contribution < -0.4 is 47.9 Å². The highest BCUT2D eigenvalue weighted by Crippen LogP contribution is 2.32. The fraction of sp³-hybridized carbons (Fsp3) is 0.478. The zero-order chi connectivity index (χ0) is 69.0. The van der Waals surface area contributed by atoms with Crippen molar-refractivity contribution in [2.75, 3.05) is 30.3 Å². The Labute approximate surface area is 570 Å². The van der Waals surface area contributed by atoms with Gasteiger partial charge in [0.1, 0.15) is 52.6 Å². The van der Waals surface area contributed by atoms with Gasteiger partial charge in [0.15, 0.2) is 11.6 Å². The second-order valence-electron chi connectivity index (χ2n) is 24.2. The zero-order valence-electron chi connectivity index (χ0n) is 54.2. The highest BCUT2D eigenvalue weighted by molar-refractivity contribution is 8.77. The average molecular weight is 1390 g/mol. The maximum absolute atomic E-state index is 15.3. The third-order valence-corrected chi connectivity index (χ3v) is 19.9. The van der Waals surface area contributed by atoms with Crippen molar-refractivity contribution < 1.29 is 68.0 Å². The van der Waals surface area contributed by atoms with Gasteiger partial charge in [-0.3, -0.25) is 38.4 Å². The van der Waals surface area contributed by atoms with Crippen molar-refractivity contribution in [3.05, 3.63) is 132 Å². The monoisotopic (exact) mass is 1380 g/mol. The number of carbonyl (C=O) groups excluding carboxylic acids is 10. The molecule has 0 bridgehead atoms. The predicted molar refractivity (Wildman–Crippen MR) is 369 cm³/mol. The molecule has 0 unspecified atom stereocenters. The number of ketones is 2.